The number of primary amides is 1. The van der Waals surface area contributed by atoms with Gasteiger partial charge in [0.2, 0.25) is 15.9 Å². The number of nitrogens with two attached hydrogens (primary N) is 1. The lowest BCUT2D eigenvalue weighted by Gasteiger charge is -2.20. The molecule has 3 aromatic rings. The number of aryl methyl sites for hydroxylation is 1. The third-order valence-electron chi connectivity index (χ3n) is 4.32. The van der Waals surface area contributed by atoms with E-state index in [0.717, 1.165) is 11.1 Å². The van der Waals surface area contributed by atoms with Crippen molar-refractivity contribution in [3.63, 3.8) is 0 Å². The summed E-state index contributed by atoms with van der Waals surface area (Å²) in [6.45, 7) is 1.71. The smallest absolute Gasteiger partial charge is 0.249 e. The second-order valence-corrected chi connectivity index (χ2v) is 7.93. The molecule has 0 spiro atoms. The Morgan fingerprint density at radius 1 is 0.889 bits per heavy atom. The van der Waals surface area contributed by atoms with Gasteiger partial charge < -0.3 is 5.73 Å². The van der Waals surface area contributed by atoms with Crippen molar-refractivity contribution < 1.29 is 13.2 Å². The van der Waals surface area contributed by atoms with Crippen LogP contribution >= 0.6 is 0 Å². The van der Waals surface area contributed by atoms with Gasteiger partial charge in [-0.3, -0.25) is 4.79 Å². The molecule has 6 heteroatoms. The summed E-state index contributed by atoms with van der Waals surface area (Å²) in [5.74, 6) is -0.660. The van der Waals surface area contributed by atoms with Gasteiger partial charge in [-0.25, -0.2) is 8.42 Å². The highest BCUT2D eigenvalue weighted by Gasteiger charge is 2.24. The van der Waals surface area contributed by atoms with Gasteiger partial charge >= 0.3 is 0 Å². The molecule has 0 aromatic heterocycles. The summed E-state index contributed by atoms with van der Waals surface area (Å²) in [5.41, 5.74) is 7.80. The Labute approximate surface area is 158 Å². The van der Waals surface area contributed by atoms with E-state index >= 15 is 0 Å². The molecule has 27 heavy (non-hydrogen) atoms. The lowest BCUT2D eigenvalue weighted by molar-refractivity contribution is 0.0999. The Morgan fingerprint density at radius 2 is 1.41 bits per heavy atom. The molecular formula is C21H20N2O3S. The second-order valence-electron chi connectivity index (χ2n) is 6.22. The highest BCUT2D eigenvalue weighted by atomic mass is 32.2. The van der Waals surface area contributed by atoms with Gasteiger partial charge in [-0.2, -0.15) is 4.72 Å². The van der Waals surface area contributed by atoms with Crippen LogP contribution in [0.1, 0.15) is 33.1 Å². The average Bonchev–Trinajstić information content (AvgIpc) is 2.67. The van der Waals surface area contributed by atoms with Crippen LogP contribution in [0.15, 0.2) is 83.8 Å². The number of amides is 1. The van der Waals surface area contributed by atoms with Crippen molar-refractivity contribution in [2.45, 2.75) is 17.9 Å². The molecule has 0 unspecified atom stereocenters. The number of sulfonamides is 1. The van der Waals surface area contributed by atoms with Crippen molar-refractivity contribution in [1.82, 2.24) is 4.72 Å². The highest BCUT2D eigenvalue weighted by Crippen LogP contribution is 2.25. The van der Waals surface area contributed by atoms with Crippen LogP contribution < -0.4 is 10.5 Å². The zero-order chi connectivity index (χ0) is 19.4. The van der Waals surface area contributed by atoms with Crippen LogP contribution in [-0.2, 0) is 10.0 Å². The van der Waals surface area contributed by atoms with E-state index in [9.17, 15) is 13.2 Å². The first kappa shape index (κ1) is 18.8. The van der Waals surface area contributed by atoms with Crippen LogP contribution in [0.3, 0.4) is 0 Å². The van der Waals surface area contributed by atoms with Crippen molar-refractivity contribution in [3.05, 3.63) is 101 Å². The third kappa shape index (κ3) is 4.24. The van der Waals surface area contributed by atoms with E-state index in [1.165, 1.54) is 12.1 Å². The Hall–Kier alpha value is -2.96. The number of nitrogens with one attached hydrogen (secondary N) is 1. The van der Waals surface area contributed by atoms with Crippen molar-refractivity contribution in [1.29, 1.82) is 0 Å². The van der Waals surface area contributed by atoms with E-state index in [1.807, 2.05) is 60.7 Å². The van der Waals surface area contributed by atoms with E-state index in [2.05, 4.69) is 4.72 Å². The number of carbonyl (C=O) groups is 1. The highest BCUT2D eigenvalue weighted by molar-refractivity contribution is 7.89. The zero-order valence-corrected chi connectivity index (χ0v) is 15.6. The molecule has 0 aliphatic carbocycles. The Morgan fingerprint density at radius 3 is 1.89 bits per heavy atom. The number of rotatable bonds is 6. The quantitative estimate of drug-likeness (QED) is 0.688. The molecule has 0 saturated carbocycles. The molecule has 0 heterocycles. The summed E-state index contributed by atoms with van der Waals surface area (Å²) in [6.07, 6.45) is 0. The minimum absolute atomic E-state index is 0.00115. The normalized spacial score (nSPS) is 11.5. The molecular weight excluding hydrogens is 360 g/mol. The maximum absolute atomic E-state index is 13.0. The van der Waals surface area contributed by atoms with Gasteiger partial charge in [-0.05, 0) is 35.7 Å². The molecule has 0 aliphatic heterocycles. The molecule has 3 N–H and O–H groups in total. The van der Waals surface area contributed by atoms with E-state index in [4.69, 9.17) is 5.73 Å². The van der Waals surface area contributed by atoms with E-state index in [0.29, 0.717) is 5.56 Å². The number of benzene rings is 3. The standard InChI is InChI=1S/C21H20N2O3S/c1-15-12-13-18(14-19(15)21(22)24)27(25,26)23-20(16-8-4-2-5-9-16)17-10-6-3-7-11-17/h2-14,20,23H,1H3,(H2,22,24). The fraction of sp³-hybridized carbons (Fsp3) is 0.0952. The summed E-state index contributed by atoms with van der Waals surface area (Å²) < 4.78 is 28.8. The number of hydrogen-bond donors (Lipinski definition) is 2. The van der Waals surface area contributed by atoms with Gasteiger partial charge in [0.1, 0.15) is 0 Å². The summed E-state index contributed by atoms with van der Waals surface area (Å²) in [6, 6.07) is 22.4. The first-order valence-corrected chi connectivity index (χ1v) is 9.89. The van der Waals surface area contributed by atoms with Gasteiger partial charge in [0.25, 0.3) is 0 Å². The fourth-order valence-electron chi connectivity index (χ4n) is 2.88. The minimum Gasteiger partial charge on any atom is -0.366 e. The van der Waals surface area contributed by atoms with E-state index in [1.54, 1.807) is 13.0 Å². The van der Waals surface area contributed by atoms with E-state index < -0.39 is 22.0 Å². The maximum Gasteiger partial charge on any atom is 0.249 e. The van der Waals surface area contributed by atoms with E-state index in [-0.39, 0.29) is 10.5 Å². The predicted octanol–water partition coefficient (Wildman–Crippen LogP) is 3.16. The largest absolute Gasteiger partial charge is 0.366 e. The Balaban J connectivity index is 2.03. The van der Waals surface area contributed by atoms with Crippen LogP contribution in [0.5, 0.6) is 0 Å². The summed E-state index contributed by atoms with van der Waals surface area (Å²) >= 11 is 0. The monoisotopic (exact) mass is 380 g/mol. The summed E-state index contributed by atoms with van der Waals surface area (Å²) in [4.78, 5) is 11.6. The van der Waals surface area contributed by atoms with Crippen molar-refractivity contribution >= 4 is 15.9 Å². The lowest BCUT2D eigenvalue weighted by atomic mass is 10.00. The Bertz CT molecular complexity index is 1010. The fourth-order valence-corrected chi connectivity index (χ4v) is 4.12. The van der Waals surface area contributed by atoms with Crippen LogP contribution in [0, 0.1) is 6.92 Å². The molecule has 5 nitrogen and oxygen atoms in total. The first-order valence-electron chi connectivity index (χ1n) is 8.41. The molecule has 3 rings (SSSR count). The molecule has 0 radical (unpaired) electrons. The molecule has 1 amide bonds. The molecule has 0 saturated heterocycles. The molecule has 3 aromatic carbocycles. The van der Waals surface area contributed by atoms with Crippen LogP contribution in [-0.4, -0.2) is 14.3 Å². The van der Waals surface area contributed by atoms with Crippen LogP contribution in [0.25, 0.3) is 0 Å². The minimum atomic E-state index is -3.89. The molecule has 138 valence electrons. The van der Waals surface area contributed by atoms with Crippen LogP contribution in [0.2, 0.25) is 0 Å². The molecule has 0 atom stereocenters. The van der Waals surface area contributed by atoms with Crippen molar-refractivity contribution in [2.24, 2.45) is 5.73 Å². The topological polar surface area (TPSA) is 89.3 Å². The van der Waals surface area contributed by atoms with Gasteiger partial charge in [-0.15, -0.1) is 0 Å². The van der Waals surface area contributed by atoms with Crippen molar-refractivity contribution in [3.8, 4) is 0 Å². The summed E-state index contributed by atoms with van der Waals surface area (Å²) in [5, 5.41) is 0. The predicted molar refractivity (Wildman–Crippen MR) is 105 cm³/mol. The first-order chi connectivity index (χ1) is 12.9. The third-order valence-corrected chi connectivity index (χ3v) is 5.74. The summed E-state index contributed by atoms with van der Waals surface area (Å²) in [7, 11) is -3.89. The van der Waals surface area contributed by atoms with Gasteiger partial charge in [0.15, 0.2) is 0 Å². The lowest BCUT2D eigenvalue weighted by Crippen LogP contribution is -2.29. The second kappa shape index (κ2) is 7.73. The van der Waals surface area contributed by atoms with Gasteiger partial charge in [0, 0.05) is 5.56 Å². The SMILES string of the molecule is Cc1ccc(S(=O)(=O)NC(c2ccccc2)c2ccccc2)cc1C(N)=O. The van der Waals surface area contributed by atoms with Crippen molar-refractivity contribution in [2.75, 3.05) is 0 Å². The van der Waals surface area contributed by atoms with Crippen LogP contribution in [0.4, 0.5) is 0 Å². The number of carbonyl (C=O) groups excluding carboxylic acids is 1. The Kier molecular flexibility index (Phi) is 5.39. The maximum atomic E-state index is 13.0. The van der Waals surface area contributed by atoms with Gasteiger partial charge in [0.05, 0.1) is 10.9 Å². The average molecular weight is 380 g/mol. The molecule has 0 bridgehead atoms. The van der Waals surface area contributed by atoms with Gasteiger partial charge in [-0.1, -0.05) is 66.7 Å². The number of hydrogen-bond acceptors (Lipinski definition) is 3. The molecule has 0 fully saturated rings. The zero-order valence-electron chi connectivity index (χ0n) is 14.8. The molecule has 0 aliphatic rings.